The molecule has 136 valence electrons. The molecule has 1 atom stereocenters. The van der Waals surface area contributed by atoms with Crippen LogP contribution in [0.1, 0.15) is 23.3 Å². The number of aromatic nitrogens is 3. The maximum atomic E-state index is 12.9. The molecule has 2 fully saturated rings. The summed E-state index contributed by atoms with van der Waals surface area (Å²) in [7, 11) is 0. The van der Waals surface area contributed by atoms with Crippen molar-refractivity contribution in [1.29, 1.82) is 0 Å². The number of carbonyl (C=O) groups excluding carboxylic acids is 2. The number of likely N-dealkylation sites (tertiary alicyclic amines) is 1. The molecule has 2 aliphatic heterocycles. The minimum Gasteiger partial charge on any atom is -0.336 e. The van der Waals surface area contributed by atoms with Gasteiger partial charge in [0, 0.05) is 50.0 Å². The third-order valence-electron chi connectivity index (χ3n) is 4.76. The van der Waals surface area contributed by atoms with Crippen molar-refractivity contribution in [3.8, 4) is 10.7 Å². The van der Waals surface area contributed by atoms with Crippen LogP contribution in [0.4, 0.5) is 0 Å². The minimum atomic E-state index is -0.0799. The summed E-state index contributed by atoms with van der Waals surface area (Å²) in [6.45, 7) is 3.18. The topological polar surface area (TPSA) is 91.3 Å². The van der Waals surface area contributed by atoms with Gasteiger partial charge in [-0.15, -0.1) is 11.3 Å². The van der Waals surface area contributed by atoms with Gasteiger partial charge in [-0.1, -0.05) is 0 Å². The fraction of sp³-hybridized carbons (Fsp3) is 0.471. The lowest BCUT2D eigenvalue weighted by molar-refractivity contribution is -0.135. The molecule has 9 heteroatoms. The minimum absolute atomic E-state index is 0.0799. The van der Waals surface area contributed by atoms with Gasteiger partial charge in [0.1, 0.15) is 16.4 Å². The molecule has 2 aromatic heterocycles. The van der Waals surface area contributed by atoms with Crippen LogP contribution in [0.3, 0.4) is 0 Å². The number of hydrogen-bond donors (Lipinski definition) is 1. The van der Waals surface area contributed by atoms with E-state index in [2.05, 4.69) is 20.3 Å². The molecule has 4 heterocycles. The normalized spacial score (nSPS) is 21.1. The maximum Gasteiger partial charge on any atom is 0.273 e. The van der Waals surface area contributed by atoms with Crippen LogP contribution in [0, 0.1) is 0 Å². The fourth-order valence-electron chi connectivity index (χ4n) is 3.46. The second kappa shape index (κ2) is 7.46. The Morgan fingerprint density at radius 1 is 1.31 bits per heavy atom. The fourth-order valence-corrected chi connectivity index (χ4v) is 4.22. The second-order valence-electron chi connectivity index (χ2n) is 6.44. The van der Waals surface area contributed by atoms with Gasteiger partial charge in [0.15, 0.2) is 0 Å². The van der Waals surface area contributed by atoms with E-state index in [1.807, 2.05) is 9.80 Å². The molecule has 0 radical (unpaired) electrons. The summed E-state index contributed by atoms with van der Waals surface area (Å²) < 4.78 is 0. The van der Waals surface area contributed by atoms with Crippen LogP contribution in [0.5, 0.6) is 0 Å². The quantitative estimate of drug-likeness (QED) is 0.850. The van der Waals surface area contributed by atoms with Crippen molar-refractivity contribution in [1.82, 2.24) is 30.1 Å². The van der Waals surface area contributed by atoms with Gasteiger partial charge in [-0.2, -0.15) is 0 Å². The van der Waals surface area contributed by atoms with Crippen LogP contribution in [0.2, 0.25) is 0 Å². The molecule has 0 spiro atoms. The lowest BCUT2D eigenvalue weighted by atomic mass is 10.0. The third kappa shape index (κ3) is 3.45. The van der Waals surface area contributed by atoms with Crippen LogP contribution in [0.15, 0.2) is 24.0 Å². The van der Waals surface area contributed by atoms with Crippen molar-refractivity contribution < 1.29 is 9.59 Å². The van der Waals surface area contributed by atoms with Gasteiger partial charge in [-0.25, -0.2) is 4.98 Å². The van der Waals surface area contributed by atoms with Gasteiger partial charge in [0.25, 0.3) is 5.91 Å². The lowest BCUT2D eigenvalue weighted by Gasteiger charge is -2.40. The van der Waals surface area contributed by atoms with Gasteiger partial charge in [0.05, 0.1) is 12.7 Å². The van der Waals surface area contributed by atoms with Crippen LogP contribution in [-0.2, 0) is 4.79 Å². The molecule has 2 amide bonds. The molecule has 26 heavy (non-hydrogen) atoms. The van der Waals surface area contributed by atoms with Crippen molar-refractivity contribution in [2.24, 2.45) is 0 Å². The SMILES string of the molecule is O=C(c1csc(-c2cnccn2)n1)N1CCCC(N2CCNCC2=O)C1. The Kier molecular flexibility index (Phi) is 4.89. The van der Waals surface area contributed by atoms with Crippen LogP contribution < -0.4 is 5.32 Å². The van der Waals surface area contributed by atoms with E-state index in [0.29, 0.717) is 42.6 Å². The van der Waals surface area contributed by atoms with Gasteiger partial charge < -0.3 is 15.1 Å². The molecule has 1 unspecified atom stereocenters. The molecule has 2 aliphatic rings. The molecule has 4 rings (SSSR count). The first-order valence-electron chi connectivity index (χ1n) is 8.74. The van der Waals surface area contributed by atoms with E-state index in [1.165, 1.54) is 11.3 Å². The Balaban J connectivity index is 1.46. The summed E-state index contributed by atoms with van der Waals surface area (Å²) >= 11 is 1.39. The zero-order chi connectivity index (χ0) is 17.9. The van der Waals surface area contributed by atoms with Crippen molar-refractivity contribution in [2.75, 3.05) is 32.7 Å². The average Bonchev–Trinajstić information content (AvgIpc) is 3.19. The zero-order valence-electron chi connectivity index (χ0n) is 14.3. The number of piperazine rings is 1. The molecular formula is C17H20N6O2S. The molecular weight excluding hydrogens is 352 g/mol. The highest BCUT2D eigenvalue weighted by Gasteiger charge is 2.32. The number of nitrogens with zero attached hydrogens (tertiary/aromatic N) is 5. The van der Waals surface area contributed by atoms with Crippen LogP contribution in [-0.4, -0.2) is 75.3 Å². The highest BCUT2D eigenvalue weighted by Crippen LogP contribution is 2.23. The van der Waals surface area contributed by atoms with E-state index in [4.69, 9.17) is 0 Å². The van der Waals surface area contributed by atoms with Crippen molar-refractivity contribution >= 4 is 23.2 Å². The molecule has 2 saturated heterocycles. The Hall–Kier alpha value is -2.39. The van der Waals surface area contributed by atoms with Gasteiger partial charge in [0.2, 0.25) is 5.91 Å². The van der Waals surface area contributed by atoms with Crippen LogP contribution >= 0.6 is 11.3 Å². The number of nitrogens with one attached hydrogen (secondary N) is 1. The predicted octanol–water partition coefficient (Wildman–Crippen LogP) is 0.636. The summed E-state index contributed by atoms with van der Waals surface area (Å²) in [4.78, 5) is 41.5. The first-order valence-corrected chi connectivity index (χ1v) is 9.62. The summed E-state index contributed by atoms with van der Waals surface area (Å²) in [5.41, 5.74) is 1.10. The van der Waals surface area contributed by atoms with E-state index in [0.717, 1.165) is 19.4 Å². The lowest BCUT2D eigenvalue weighted by Crippen LogP contribution is -2.57. The summed E-state index contributed by atoms with van der Waals surface area (Å²) in [5.74, 6) is 0.0396. The Bertz CT molecular complexity index is 796. The first-order chi connectivity index (χ1) is 12.7. The van der Waals surface area contributed by atoms with Crippen molar-refractivity contribution in [3.63, 3.8) is 0 Å². The van der Waals surface area contributed by atoms with Gasteiger partial charge >= 0.3 is 0 Å². The molecule has 1 N–H and O–H groups in total. The second-order valence-corrected chi connectivity index (χ2v) is 7.30. The molecule has 0 saturated carbocycles. The molecule has 0 bridgehead atoms. The van der Waals surface area contributed by atoms with Crippen molar-refractivity contribution in [2.45, 2.75) is 18.9 Å². The third-order valence-corrected chi connectivity index (χ3v) is 5.62. The van der Waals surface area contributed by atoms with E-state index < -0.39 is 0 Å². The highest BCUT2D eigenvalue weighted by atomic mass is 32.1. The van der Waals surface area contributed by atoms with E-state index in [-0.39, 0.29) is 17.9 Å². The Labute approximate surface area is 155 Å². The molecule has 8 nitrogen and oxygen atoms in total. The maximum absolute atomic E-state index is 12.9. The number of piperidine rings is 1. The largest absolute Gasteiger partial charge is 0.336 e. The molecule has 2 aromatic rings. The Morgan fingerprint density at radius 3 is 3.04 bits per heavy atom. The summed E-state index contributed by atoms with van der Waals surface area (Å²) in [5, 5.41) is 5.55. The first kappa shape index (κ1) is 17.0. The molecule has 0 aliphatic carbocycles. The highest BCUT2D eigenvalue weighted by molar-refractivity contribution is 7.13. The van der Waals surface area contributed by atoms with Crippen LogP contribution in [0.25, 0.3) is 10.7 Å². The number of hydrogen-bond acceptors (Lipinski definition) is 7. The number of thiazole rings is 1. The summed E-state index contributed by atoms with van der Waals surface area (Å²) in [6, 6.07) is 0.0976. The summed E-state index contributed by atoms with van der Waals surface area (Å²) in [6.07, 6.45) is 6.69. The molecule has 0 aromatic carbocycles. The van der Waals surface area contributed by atoms with Gasteiger partial charge in [-0.3, -0.25) is 19.6 Å². The number of carbonyl (C=O) groups is 2. The standard InChI is InChI=1S/C17H20N6O2S/c24-15-9-19-5-7-23(15)12-2-1-6-22(10-12)17(25)14-11-26-16(21-14)13-8-18-3-4-20-13/h3-4,8,11-12,19H,1-2,5-7,9-10H2. The van der Waals surface area contributed by atoms with Gasteiger partial charge in [-0.05, 0) is 12.8 Å². The smallest absolute Gasteiger partial charge is 0.273 e. The van der Waals surface area contributed by atoms with E-state index in [1.54, 1.807) is 24.0 Å². The monoisotopic (exact) mass is 372 g/mol. The zero-order valence-corrected chi connectivity index (χ0v) is 15.1. The van der Waals surface area contributed by atoms with Crippen molar-refractivity contribution in [3.05, 3.63) is 29.7 Å². The number of amides is 2. The average molecular weight is 372 g/mol. The number of rotatable bonds is 3. The van der Waals surface area contributed by atoms with E-state index in [9.17, 15) is 9.59 Å². The predicted molar refractivity (Wildman–Crippen MR) is 96.6 cm³/mol. The Morgan fingerprint density at radius 2 is 2.23 bits per heavy atom. The van der Waals surface area contributed by atoms with E-state index >= 15 is 0 Å².